The average molecular weight is 174 g/mol. The van der Waals surface area contributed by atoms with E-state index < -0.39 is 0 Å². The molecule has 4 nitrogen and oxygen atoms in total. The third-order valence-corrected chi connectivity index (χ3v) is 1.51. The Morgan fingerprint density at radius 3 is 2.67 bits per heavy atom. The Morgan fingerprint density at radius 1 is 1.50 bits per heavy atom. The maximum atomic E-state index is 10.4. The van der Waals surface area contributed by atoms with Gasteiger partial charge in [0.05, 0.1) is 6.10 Å². The number of methoxy groups -OCH3 is 1. The van der Waals surface area contributed by atoms with Gasteiger partial charge in [-0.3, -0.25) is 4.79 Å². The lowest BCUT2D eigenvalue weighted by Crippen LogP contribution is -2.34. The first-order valence-corrected chi connectivity index (χ1v) is 4.14. The molecule has 1 unspecified atom stereocenters. The summed E-state index contributed by atoms with van der Waals surface area (Å²) in [5.41, 5.74) is 0. The van der Waals surface area contributed by atoms with Gasteiger partial charge in [-0.05, 0) is 6.92 Å². The molecule has 72 valence electrons. The van der Waals surface area contributed by atoms with Gasteiger partial charge in [-0.1, -0.05) is 0 Å². The van der Waals surface area contributed by atoms with Crippen molar-refractivity contribution in [3.05, 3.63) is 0 Å². The quantitative estimate of drug-likeness (QED) is 0.546. The van der Waals surface area contributed by atoms with Gasteiger partial charge in [-0.25, -0.2) is 0 Å². The Bertz CT molecular complexity index is 128. The van der Waals surface area contributed by atoms with Crippen LogP contribution in [0.5, 0.6) is 0 Å². The summed E-state index contributed by atoms with van der Waals surface area (Å²) in [6, 6.07) is 0. The SMILES string of the molecule is COC(C)CNCCNC(C)=O. The zero-order chi connectivity index (χ0) is 9.40. The maximum Gasteiger partial charge on any atom is 0.216 e. The van der Waals surface area contributed by atoms with Crippen LogP contribution >= 0.6 is 0 Å². The molecule has 12 heavy (non-hydrogen) atoms. The number of rotatable bonds is 6. The first-order valence-electron chi connectivity index (χ1n) is 4.14. The largest absolute Gasteiger partial charge is 0.380 e. The van der Waals surface area contributed by atoms with Crippen molar-refractivity contribution in [1.29, 1.82) is 0 Å². The second-order valence-corrected chi connectivity index (χ2v) is 2.73. The van der Waals surface area contributed by atoms with Crippen LogP contribution in [0.2, 0.25) is 0 Å². The number of hydrogen-bond acceptors (Lipinski definition) is 3. The molecule has 0 spiro atoms. The summed E-state index contributed by atoms with van der Waals surface area (Å²) in [6.45, 7) is 5.78. The third-order valence-electron chi connectivity index (χ3n) is 1.51. The molecule has 0 fully saturated rings. The number of amides is 1. The van der Waals surface area contributed by atoms with Crippen LogP contribution in [0.1, 0.15) is 13.8 Å². The normalized spacial score (nSPS) is 12.6. The van der Waals surface area contributed by atoms with Crippen molar-refractivity contribution in [2.75, 3.05) is 26.7 Å². The molecule has 4 heteroatoms. The minimum Gasteiger partial charge on any atom is -0.380 e. The summed E-state index contributed by atoms with van der Waals surface area (Å²) in [7, 11) is 1.68. The van der Waals surface area contributed by atoms with Crippen LogP contribution in [-0.2, 0) is 9.53 Å². The number of carbonyl (C=O) groups is 1. The van der Waals surface area contributed by atoms with Crippen molar-refractivity contribution in [1.82, 2.24) is 10.6 Å². The third kappa shape index (κ3) is 7.50. The van der Waals surface area contributed by atoms with Gasteiger partial charge >= 0.3 is 0 Å². The second-order valence-electron chi connectivity index (χ2n) is 2.73. The monoisotopic (exact) mass is 174 g/mol. The van der Waals surface area contributed by atoms with E-state index in [0.29, 0.717) is 6.54 Å². The van der Waals surface area contributed by atoms with Crippen LogP contribution in [0.4, 0.5) is 0 Å². The lowest BCUT2D eigenvalue weighted by atomic mass is 10.4. The molecule has 0 radical (unpaired) electrons. The molecule has 0 aromatic carbocycles. The topological polar surface area (TPSA) is 50.4 Å². The molecule has 1 amide bonds. The van der Waals surface area contributed by atoms with Gasteiger partial charge in [0.15, 0.2) is 0 Å². The van der Waals surface area contributed by atoms with Crippen LogP contribution in [-0.4, -0.2) is 38.8 Å². The molecule has 0 rings (SSSR count). The molecule has 0 aliphatic carbocycles. The maximum absolute atomic E-state index is 10.4. The molecule has 0 aromatic heterocycles. The zero-order valence-corrected chi connectivity index (χ0v) is 8.02. The summed E-state index contributed by atoms with van der Waals surface area (Å²) in [6.07, 6.45) is 0.224. The summed E-state index contributed by atoms with van der Waals surface area (Å²) in [5, 5.41) is 5.85. The first kappa shape index (κ1) is 11.4. The van der Waals surface area contributed by atoms with Crippen molar-refractivity contribution in [2.24, 2.45) is 0 Å². The minimum atomic E-state index is 0.0107. The highest BCUT2D eigenvalue weighted by Gasteiger charge is 1.96. The Morgan fingerprint density at radius 2 is 2.17 bits per heavy atom. The van der Waals surface area contributed by atoms with E-state index in [-0.39, 0.29) is 12.0 Å². The molecule has 0 aromatic rings. The lowest BCUT2D eigenvalue weighted by molar-refractivity contribution is -0.118. The van der Waals surface area contributed by atoms with E-state index in [9.17, 15) is 4.79 Å². The van der Waals surface area contributed by atoms with E-state index in [4.69, 9.17) is 4.74 Å². The van der Waals surface area contributed by atoms with Crippen LogP contribution in [0, 0.1) is 0 Å². The fourth-order valence-corrected chi connectivity index (χ4v) is 0.716. The summed E-state index contributed by atoms with van der Waals surface area (Å²) < 4.78 is 5.03. The van der Waals surface area contributed by atoms with E-state index in [0.717, 1.165) is 13.1 Å². The van der Waals surface area contributed by atoms with Crippen molar-refractivity contribution in [3.8, 4) is 0 Å². The molecule has 1 atom stereocenters. The van der Waals surface area contributed by atoms with Gasteiger partial charge in [0.1, 0.15) is 0 Å². The standard InChI is InChI=1S/C8H18N2O2/c1-7(12-3)6-9-4-5-10-8(2)11/h7,9H,4-6H2,1-3H3,(H,10,11). The summed E-state index contributed by atoms with van der Waals surface area (Å²) in [4.78, 5) is 10.4. The molecular weight excluding hydrogens is 156 g/mol. The van der Waals surface area contributed by atoms with Crippen molar-refractivity contribution >= 4 is 5.91 Å². The van der Waals surface area contributed by atoms with Gasteiger partial charge in [0.2, 0.25) is 5.91 Å². The van der Waals surface area contributed by atoms with E-state index in [2.05, 4.69) is 10.6 Å². The van der Waals surface area contributed by atoms with Crippen molar-refractivity contribution < 1.29 is 9.53 Å². The Labute approximate surface area is 73.7 Å². The molecule has 2 N–H and O–H groups in total. The predicted octanol–water partition coefficient (Wildman–Crippen LogP) is -0.253. The molecule has 0 bridgehead atoms. The van der Waals surface area contributed by atoms with E-state index in [1.807, 2.05) is 6.92 Å². The van der Waals surface area contributed by atoms with Crippen LogP contribution in [0.25, 0.3) is 0 Å². The predicted molar refractivity (Wildman–Crippen MR) is 48.0 cm³/mol. The summed E-state index contributed by atoms with van der Waals surface area (Å²) in [5.74, 6) is 0.0107. The second kappa shape index (κ2) is 7.06. The number of hydrogen-bond donors (Lipinski definition) is 2. The molecule has 0 saturated heterocycles. The highest BCUT2D eigenvalue weighted by Crippen LogP contribution is 1.82. The number of nitrogens with one attached hydrogen (secondary N) is 2. The molecule has 0 aliphatic rings. The van der Waals surface area contributed by atoms with Gasteiger partial charge in [0, 0.05) is 33.7 Å². The van der Waals surface area contributed by atoms with Gasteiger partial charge in [-0.15, -0.1) is 0 Å². The lowest BCUT2D eigenvalue weighted by Gasteiger charge is -2.10. The number of ether oxygens (including phenoxy) is 1. The van der Waals surface area contributed by atoms with Gasteiger partial charge in [-0.2, -0.15) is 0 Å². The van der Waals surface area contributed by atoms with Crippen LogP contribution < -0.4 is 10.6 Å². The fraction of sp³-hybridized carbons (Fsp3) is 0.875. The van der Waals surface area contributed by atoms with E-state index >= 15 is 0 Å². The Kier molecular flexibility index (Phi) is 6.70. The minimum absolute atomic E-state index is 0.0107. The van der Waals surface area contributed by atoms with Crippen molar-refractivity contribution in [2.45, 2.75) is 20.0 Å². The molecule has 0 saturated carbocycles. The van der Waals surface area contributed by atoms with Gasteiger partial charge < -0.3 is 15.4 Å². The zero-order valence-electron chi connectivity index (χ0n) is 8.02. The Hall–Kier alpha value is -0.610. The van der Waals surface area contributed by atoms with Gasteiger partial charge in [0.25, 0.3) is 0 Å². The highest BCUT2D eigenvalue weighted by molar-refractivity contribution is 5.72. The smallest absolute Gasteiger partial charge is 0.216 e. The van der Waals surface area contributed by atoms with Crippen LogP contribution in [0.3, 0.4) is 0 Å². The molecule has 0 heterocycles. The number of carbonyl (C=O) groups excluding carboxylic acids is 1. The van der Waals surface area contributed by atoms with E-state index in [1.54, 1.807) is 7.11 Å². The first-order chi connectivity index (χ1) is 5.66. The fourth-order valence-electron chi connectivity index (χ4n) is 0.716. The molecule has 0 aliphatic heterocycles. The van der Waals surface area contributed by atoms with Crippen molar-refractivity contribution in [3.63, 3.8) is 0 Å². The van der Waals surface area contributed by atoms with E-state index in [1.165, 1.54) is 6.92 Å². The highest BCUT2D eigenvalue weighted by atomic mass is 16.5. The average Bonchev–Trinajstić information content (AvgIpc) is 2.03. The summed E-state index contributed by atoms with van der Waals surface area (Å²) >= 11 is 0. The Balaban J connectivity index is 3.05. The molecular formula is C8H18N2O2. The van der Waals surface area contributed by atoms with Crippen LogP contribution in [0.15, 0.2) is 0 Å².